The molecule has 0 fully saturated rings. The molecule has 0 saturated heterocycles. The molecule has 0 aromatic heterocycles. The van der Waals surface area contributed by atoms with Crippen LogP contribution in [0.3, 0.4) is 0 Å². The lowest BCUT2D eigenvalue weighted by Gasteiger charge is -2.13. The van der Waals surface area contributed by atoms with Crippen molar-refractivity contribution >= 4 is 27.5 Å². The molecule has 0 heterocycles. The topological polar surface area (TPSA) is 49.3 Å². The van der Waals surface area contributed by atoms with E-state index >= 15 is 0 Å². The Morgan fingerprint density at radius 2 is 1.90 bits per heavy atom. The highest BCUT2D eigenvalue weighted by Crippen LogP contribution is 2.26. The number of carbonyl (C=O) groups excluding carboxylic acids is 1. The zero-order chi connectivity index (χ0) is 14.7. The summed E-state index contributed by atoms with van der Waals surface area (Å²) in [6, 6.07) is 12.5. The molecule has 3 nitrogen and oxygen atoms in total. The van der Waals surface area contributed by atoms with Crippen LogP contribution >= 0.6 is 15.9 Å². The first-order chi connectivity index (χ1) is 9.49. The largest absolute Gasteiger partial charge is 0.507 e. The van der Waals surface area contributed by atoms with Gasteiger partial charge in [-0.05, 0) is 51.7 Å². The SMILES string of the molecule is CC(C)c1ccccc1NC(=O)c1ccc(Br)c(O)c1. The molecule has 0 unspecified atom stereocenters. The number of para-hydroxylation sites is 1. The van der Waals surface area contributed by atoms with Crippen molar-refractivity contribution in [1.82, 2.24) is 0 Å². The average molecular weight is 334 g/mol. The molecule has 104 valence electrons. The Morgan fingerprint density at radius 1 is 1.20 bits per heavy atom. The Morgan fingerprint density at radius 3 is 2.55 bits per heavy atom. The van der Waals surface area contributed by atoms with Crippen molar-refractivity contribution < 1.29 is 9.90 Å². The predicted molar refractivity (Wildman–Crippen MR) is 84.3 cm³/mol. The fraction of sp³-hybridized carbons (Fsp3) is 0.188. The van der Waals surface area contributed by atoms with E-state index in [0.717, 1.165) is 11.3 Å². The van der Waals surface area contributed by atoms with Crippen LogP contribution in [0.25, 0.3) is 0 Å². The van der Waals surface area contributed by atoms with Crippen LogP contribution in [0.4, 0.5) is 5.69 Å². The quantitative estimate of drug-likeness (QED) is 0.866. The van der Waals surface area contributed by atoms with Gasteiger partial charge in [-0.1, -0.05) is 32.0 Å². The molecule has 2 rings (SSSR count). The van der Waals surface area contributed by atoms with E-state index in [1.165, 1.54) is 6.07 Å². The standard InChI is InChI=1S/C16H16BrNO2/c1-10(2)12-5-3-4-6-14(12)18-16(20)11-7-8-13(17)15(19)9-11/h3-10,19H,1-2H3,(H,18,20). The predicted octanol–water partition coefficient (Wildman–Crippen LogP) is 4.53. The Bertz CT molecular complexity index is 638. The highest BCUT2D eigenvalue weighted by molar-refractivity contribution is 9.10. The van der Waals surface area contributed by atoms with Crippen LogP contribution in [-0.2, 0) is 0 Å². The van der Waals surface area contributed by atoms with Crippen LogP contribution in [0.1, 0.15) is 35.7 Å². The van der Waals surface area contributed by atoms with Gasteiger partial charge in [0.05, 0.1) is 4.47 Å². The van der Waals surface area contributed by atoms with E-state index < -0.39 is 0 Å². The molecule has 0 bridgehead atoms. The number of nitrogens with one attached hydrogen (secondary N) is 1. The van der Waals surface area contributed by atoms with Gasteiger partial charge in [0.2, 0.25) is 0 Å². The first-order valence-corrected chi connectivity index (χ1v) is 7.17. The molecule has 0 aliphatic carbocycles. The van der Waals surface area contributed by atoms with Gasteiger partial charge in [-0.3, -0.25) is 4.79 Å². The third-order valence-electron chi connectivity index (χ3n) is 3.04. The van der Waals surface area contributed by atoms with Gasteiger partial charge < -0.3 is 10.4 Å². The summed E-state index contributed by atoms with van der Waals surface area (Å²) in [5.41, 5.74) is 2.31. The molecule has 0 saturated carbocycles. The van der Waals surface area contributed by atoms with Crippen molar-refractivity contribution in [1.29, 1.82) is 0 Å². The maximum absolute atomic E-state index is 12.2. The normalized spacial score (nSPS) is 10.6. The highest BCUT2D eigenvalue weighted by atomic mass is 79.9. The molecule has 1 amide bonds. The van der Waals surface area contributed by atoms with Gasteiger partial charge in [0.25, 0.3) is 5.91 Å². The van der Waals surface area contributed by atoms with Crippen LogP contribution in [0.2, 0.25) is 0 Å². The maximum atomic E-state index is 12.2. The molecular weight excluding hydrogens is 318 g/mol. The second-order valence-corrected chi connectivity index (χ2v) is 5.72. The summed E-state index contributed by atoms with van der Waals surface area (Å²) < 4.78 is 0.566. The number of anilines is 1. The van der Waals surface area contributed by atoms with E-state index in [1.807, 2.05) is 24.3 Å². The van der Waals surface area contributed by atoms with Crippen LogP contribution < -0.4 is 5.32 Å². The Hall–Kier alpha value is -1.81. The highest BCUT2D eigenvalue weighted by Gasteiger charge is 2.12. The first-order valence-electron chi connectivity index (χ1n) is 6.38. The van der Waals surface area contributed by atoms with Crippen molar-refractivity contribution in [3.8, 4) is 5.75 Å². The second kappa shape index (κ2) is 6.09. The van der Waals surface area contributed by atoms with E-state index in [0.29, 0.717) is 16.0 Å². The number of benzene rings is 2. The number of phenols is 1. The van der Waals surface area contributed by atoms with Gasteiger partial charge in [0, 0.05) is 11.3 Å². The number of phenolic OH excluding ortho intramolecular Hbond substituents is 1. The van der Waals surface area contributed by atoms with Crippen LogP contribution in [0.15, 0.2) is 46.9 Å². The molecule has 2 aromatic rings. The lowest BCUT2D eigenvalue weighted by atomic mass is 10.0. The maximum Gasteiger partial charge on any atom is 0.255 e. The monoisotopic (exact) mass is 333 g/mol. The molecule has 0 radical (unpaired) electrons. The summed E-state index contributed by atoms with van der Waals surface area (Å²) in [7, 11) is 0. The van der Waals surface area contributed by atoms with Gasteiger partial charge in [-0.2, -0.15) is 0 Å². The van der Waals surface area contributed by atoms with E-state index in [4.69, 9.17) is 0 Å². The van der Waals surface area contributed by atoms with Gasteiger partial charge in [0.1, 0.15) is 5.75 Å². The summed E-state index contributed by atoms with van der Waals surface area (Å²) in [5.74, 6) is 0.139. The summed E-state index contributed by atoms with van der Waals surface area (Å²) >= 11 is 3.19. The fourth-order valence-electron chi connectivity index (χ4n) is 1.96. The number of halogens is 1. The summed E-state index contributed by atoms with van der Waals surface area (Å²) in [4.78, 5) is 12.2. The molecule has 0 aliphatic rings. The lowest BCUT2D eigenvalue weighted by Crippen LogP contribution is -2.13. The van der Waals surface area contributed by atoms with E-state index in [1.54, 1.807) is 12.1 Å². The van der Waals surface area contributed by atoms with Crippen molar-refractivity contribution in [2.75, 3.05) is 5.32 Å². The lowest BCUT2D eigenvalue weighted by molar-refractivity contribution is 0.102. The number of amides is 1. The zero-order valence-corrected chi connectivity index (χ0v) is 12.9. The number of aromatic hydroxyl groups is 1. The minimum Gasteiger partial charge on any atom is -0.507 e. The van der Waals surface area contributed by atoms with Crippen molar-refractivity contribution in [3.63, 3.8) is 0 Å². The molecular formula is C16H16BrNO2. The second-order valence-electron chi connectivity index (χ2n) is 4.86. The first kappa shape index (κ1) is 14.6. The average Bonchev–Trinajstić information content (AvgIpc) is 2.42. The smallest absolute Gasteiger partial charge is 0.255 e. The van der Waals surface area contributed by atoms with Gasteiger partial charge in [0.15, 0.2) is 0 Å². The van der Waals surface area contributed by atoms with Gasteiger partial charge in [-0.25, -0.2) is 0 Å². The summed E-state index contributed by atoms with van der Waals surface area (Å²) in [6.07, 6.45) is 0. The Balaban J connectivity index is 2.26. The van der Waals surface area contributed by atoms with E-state index in [2.05, 4.69) is 35.1 Å². The minimum absolute atomic E-state index is 0.0507. The molecule has 0 aliphatic heterocycles. The zero-order valence-electron chi connectivity index (χ0n) is 11.4. The van der Waals surface area contributed by atoms with E-state index in [-0.39, 0.29) is 11.7 Å². The third-order valence-corrected chi connectivity index (χ3v) is 3.71. The van der Waals surface area contributed by atoms with Crippen LogP contribution in [0, 0.1) is 0 Å². The number of carbonyl (C=O) groups is 1. The fourth-order valence-corrected chi connectivity index (χ4v) is 2.21. The number of rotatable bonds is 3. The number of hydrogen-bond donors (Lipinski definition) is 2. The molecule has 2 aromatic carbocycles. The molecule has 0 atom stereocenters. The minimum atomic E-state index is -0.235. The van der Waals surface area contributed by atoms with Crippen LogP contribution in [0.5, 0.6) is 5.75 Å². The van der Waals surface area contributed by atoms with Gasteiger partial charge in [-0.15, -0.1) is 0 Å². The summed E-state index contributed by atoms with van der Waals surface area (Å²) in [5, 5.41) is 12.5. The Labute approximate surface area is 126 Å². The molecule has 20 heavy (non-hydrogen) atoms. The van der Waals surface area contributed by atoms with Crippen LogP contribution in [-0.4, -0.2) is 11.0 Å². The van der Waals surface area contributed by atoms with Gasteiger partial charge >= 0.3 is 0 Å². The molecule has 4 heteroatoms. The van der Waals surface area contributed by atoms with Crippen molar-refractivity contribution in [2.45, 2.75) is 19.8 Å². The Kier molecular flexibility index (Phi) is 4.45. The molecule has 2 N–H and O–H groups in total. The molecule has 0 spiro atoms. The third kappa shape index (κ3) is 3.20. The number of hydrogen-bond acceptors (Lipinski definition) is 2. The summed E-state index contributed by atoms with van der Waals surface area (Å²) in [6.45, 7) is 4.16. The van der Waals surface area contributed by atoms with Crippen molar-refractivity contribution in [2.24, 2.45) is 0 Å². The van der Waals surface area contributed by atoms with E-state index in [9.17, 15) is 9.90 Å². The van der Waals surface area contributed by atoms with Crippen molar-refractivity contribution in [3.05, 3.63) is 58.1 Å².